The Morgan fingerprint density at radius 3 is 1.86 bits per heavy atom. The standard InChI is InChI=1S/C20H36N6O8S/c1-35-9-7-13(19(32)26-14(20(33)34)4-2-3-8-21)25-18(31)12(5-6-15(23)27)24-17(30)11(22)10-16(28)29/h11-14H,2-10,21-22H2,1H3,(H2,23,27)(H,24,30)(H,25,31)(H,26,32)(H,28,29)(H,33,34). The fourth-order valence-electron chi connectivity index (χ4n) is 2.91. The highest BCUT2D eigenvalue weighted by molar-refractivity contribution is 7.98. The van der Waals surface area contributed by atoms with E-state index in [0.717, 1.165) is 0 Å². The van der Waals surface area contributed by atoms with Crippen molar-refractivity contribution in [1.82, 2.24) is 16.0 Å². The molecule has 0 saturated heterocycles. The van der Waals surface area contributed by atoms with Crippen LogP contribution in [0.15, 0.2) is 0 Å². The lowest BCUT2D eigenvalue weighted by atomic mass is 10.1. The van der Waals surface area contributed by atoms with E-state index in [4.69, 9.17) is 22.3 Å². The molecule has 0 rings (SSSR count). The molecule has 4 unspecified atom stereocenters. The Kier molecular flexibility index (Phi) is 16.1. The summed E-state index contributed by atoms with van der Waals surface area (Å²) in [5.41, 5.74) is 16.1. The molecule has 0 bridgehead atoms. The normalized spacial score (nSPS) is 14.1. The molecule has 0 fully saturated rings. The molecule has 0 heterocycles. The Bertz CT molecular complexity index is 753. The summed E-state index contributed by atoms with van der Waals surface area (Å²) in [6.45, 7) is 0.376. The fourth-order valence-corrected chi connectivity index (χ4v) is 3.39. The molecule has 4 atom stereocenters. The summed E-state index contributed by atoms with van der Waals surface area (Å²) in [7, 11) is 0. The first-order valence-electron chi connectivity index (χ1n) is 11.0. The van der Waals surface area contributed by atoms with Crippen molar-refractivity contribution in [2.75, 3.05) is 18.6 Å². The number of unbranched alkanes of at least 4 members (excludes halogenated alkanes) is 1. The zero-order valence-corrected chi connectivity index (χ0v) is 20.5. The summed E-state index contributed by atoms with van der Waals surface area (Å²) in [6.07, 6.45) is 1.96. The molecule has 0 aliphatic rings. The minimum absolute atomic E-state index is 0.153. The molecule has 0 radical (unpaired) electrons. The highest BCUT2D eigenvalue weighted by Crippen LogP contribution is 2.07. The predicted octanol–water partition coefficient (Wildman–Crippen LogP) is -2.52. The molecule has 14 nitrogen and oxygen atoms in total. The van der Waals surface area contributed by atoms with E-state index in [0.29, 0.717) is 25.1 Å². The SMILES string of the molecule is CSCCC(NC(=O)C(CCC(N)=O)NC(=O)C(N)CC(=O)O)C(=O)NC(CCCCN)C(=O)O. The second-order valence-electron chi connectivity index (χ2n) is 7.80. The number of carboxylic acids is 2. The second kappa shape index (κ2) is 17.5. The number of thioether (sulfide) groups is 1. The summed E-state index contributed by atoms with van der Waals surface area (Å²) in [4.78, 5) is 71.4. The van der Waals surface area contributed by atoms with Crippen LogP contribution in [0, 0.1) is 0 Å². The third-order valence-electron chi connectivity index (χ3n) is 4.85. The topological polar surface area (TPSA) is 257 Å². The molecule has 0 aliphatic heterocycles. The van der Waals surface area contributed by atoms with Crippen LogP contribution in [0.4, 0.5) is 0 Å². The first kappa shape index (κ1) is 32.1. The lowest BCUT2D eigenvalue weighted by Crippen LogP contribution is -2.57. The number of carbonyl (C=O) groups is 6. The second-order valence-corrected chi connectivity index (χ2v) is 8.78. The van der Waals surface area contributed by atoms with Crippen LogP contribution in [-0.2, 0) is 28.8 Å². The number of nitrogens with two attached hydrogens (primary N) is 3. The summed E-state index contributed by atoms with van der Waals surface area (Å²) in [5.74, 6) is -5.35. The highest BCUT2D eigenvalue weighted by atomic mass is 32.2. The van der Waals surface area contributed by atoms with Gasteiger partial charge >= 0.3 is 11.9 Å². The van der Waals surface area contributed by atoms with Crippen LogP contribution in [0.25, 0.3) is 0 Å². The number of nitrogens with one attached hydrogen (secondary N) is 3. The van der Waals surface area contributed by atoms with Crippen molar-refractivity contribution in [1.29, 1.82) is 0 Å². The first-order chi connectivity index (χ1) is 16.4. The Balaban J connectivity index is 5.49. The lowest BCUT2D eigenvalue weighted by molar-refractivity contribution is -0.142. The molecule has 35 heavy (non-hydrogen) atoms. The van der Waals surface area contributed by atoms with Gasteiger partial charge in [0.15, 0.2) is 0 Å². The average molecular weight is 521 g/mol. The van der Waals surface area contributed by atoms with Crippen molar-refractivity contribution in [3.8, 4) is 0 Å². The molecule has 11 N–H and O–H groups in total. The van der Waals surface area contributed by atoms with Crippen molar-refractivity contribution in [2.24, 2.45) is 17.2 Å². The monoisotopic (exact) mass is 520 g/mol. The van der Waals surface area contributed by atoms with E-state index >= 15 is 0 Å². The van der Waals surface area contributed by atoms with E-state index in [9.17, 15) is 33.9 Å². The van der Waals surface area contributed by atoms with Crippen molar-refractivity contribution in [2.45, 2.75) is 69.1 Å². The van der Waals surface area contributed by atoms with Crippen molar-refractivity contribution in [3.63, 3.8) is 0 Å². The van der Waals surface area contributed by atoms with Gasteiger partial charge in [0.25, 0.3) is 0 Å². The molecule has 200 valence electrons. The zero-order chi connectivity index (χ0) is 27.0. The van der Waals surface area contributed by atoms with Crippen LogP contribution in [0.1, 0.15) is 44.9 Å². The number of primary amides is 1. The van der Waals surface area contributed by atoms with Crippen LogP contribution in [0.5, 0.6) is 0 Å². The van der Waals surface area contributed by atoms with E-state index < -0.39 is 66.2 Å². The van der Waals surface area contributed by atoms with Crippen molar-refractivity contribution < 1.29 is 39.0 Å². The molecule has 15 heteroatoms. The first-order valence-corrected chi connectivity index (χ1v) is 12.4. The predicted molar refractivity (Wildman–Crippen MR) is 128 cm³/mol. The number of carbonyl (C=O) groups excluding carboxylic acids is 4. The summed E-state index contributed by atoms with van der Waals surface area (Å²) < 4.78 is 0. The molecular formula is C20H36N6O8S. The third-order valence-corrected chi connectivity index (χ3v) is 5.49. The Labute approximate surface area is 207 Å². The van der Waals surface area contributed by atoms with Crippen molar-refractivity contribution >= 4 is 47.3 Å². The lowest BCUT2D eigenvalue weighted by Gasteiger charge is -2.25. The molecule has 0 spiro atoms. The minimum atomic E-state index is -1.45. The van der Waals surface area contributed by atoms with E-state index in [1.54, 1.807) is 6.26 Å². The maximum Gasteiger partial charge on any atom is 0.326 e. The quantitative estimate of drug-likeness (QED) is 0.0824. The van der Waals surface area contributed by atoms with E-state index in [-0.39, 0.29) is 25.7 Å². The van der Waals surface area contributed by atoms with Gasteiger partial charge in [-0.15, -0.1) is 0 Å². The average Bonchev–Trinajstić information content (AvgIpc) is 2.77. The molecule has 0 saturated carbocycles. The zero-order valence-electron chi connectivity index (χ0n) is 19.7. The highest BCUT2D eigenvalue weighted by Gasteiger charge is 2.30. The van der Waals surface area contributed by atoms with Crippen molar-refractivity contribution in [3.05, 3.63) is 0 Å². The Morgan fingerprint density at radius 2 is 1.37 bits per heavy atom. The molecule has 0 aromatic heterocycles. The van der Waals surface area contributed by atoms with Gasteiger partial charge in [-0.3, -0.25) is 24.0 Å². The number of carboxylic acid groups (broad SMARTS) is 2. The maximum atomic E-state index is 12.9. The minimum Gasteiger partial charge on any atom is -0.481 e. The van der Waals surface area contributed by atoms with Gasteiger partial charge in [0.05, 0.1) is 12.5 Å². The van der Waals surface area contributed by atoms with E-state index in [2.05, 4.69) is 16.0 Å². The molecule has 4 amide bonds. The maximum absolute atomic E-state index is 12.9. The number of amides is 4. The summed E-state index contributed by atoms with van der Waals surface area (Å²) >= 11 is 1.39. The smallest absolute Gasteiger partial charge is 0.326 e. The fraction of sp³-hybridized carbons (Fsp3) is 0.700. The summed E-state index contributed by atoms with van der Waals surface area (Å²) in [6, 6.07) is -5.09. The van der Waals surface area contributed by atoms with Crippen LogP contribution in [0.3, 0.4) is 0 Å². The van der Waals surface area contributed by atoms with Crippen LogP contribution in [-0.4, -0.2) is 88.5 Å². The number of hydrogen-bond acceptors (Lipinski definition) is 9. The largest absolute Gasteiger partial charge is 0.481 e. The number of hydrogen-bond donors (Lipinski definition) is 8. The van der Waals surface area contributed by atoms with Crippen LogP contribution < -0.4 is 33.2 Å². The number of rotatable bonds is 19. The molecular weight excluding hydrogens is 484 g/mol. The summed E-state index contributed by atoms with van der Waals surface area (Å²) in [5, 5.41) is 25.4. The molecule has 0 aromatic carbocycles. The van der Waals surface area contributed by atoms with Gasteiger partial charge in [0.1, 0.15) is 18.1 Å². The number of aliphatic carboxylic acids is 2. The van der Waals surface area contributed by atoms with Crippen LogP contribution in [0.2, 0.25) is 0 Å². The van der Waals surface area contributed by atoms with Gasteiger partial charge in [0.2, 0.25) is 23.6 Å². The van der Waals surface area contributed by atoms with Gasteiger partial charge in [-0.1, -0.05) is 0 Å². The van der Waals surface area contributed by atoms with Gasteiger partial charge < -0.3 is 43.4 Å². The van der Waals surface area contributed by atoms with Gasteiger partial charge in [0, 0.05) is 6.42 Å². The van der Waals surface area contributed by atoms with Crippen LogP contribution >= 0.6 is 11.8 Å². The molecule has 0 aliphatic carbocycles. The van der Waals surface area contributed by atoms with Gasteiger partial charge in [-0.2, -0.15) is 11.8 Å². The molecule has 0 aromatic rings. The van der Waals surface area contributed by atoms with Gasteiger partial charge in [-0.25, -0.2) is 4.79 Å². The van der Waals surface area contributed by atoms with E-state index in [1.165, 1.54) is 11.8 Å². The van der Waals surface area contributed by atoms with E-state index in [1.807, 2.05) is 0 Å². The Hall–Kier alpha value is -2.91. The third kappa shape index (κ3) is 14.2. The van der Waals surface area contributed by atoms with Gasteiger partial charge in [-0.05, 0) is 50.7 Å². The Morgan fingerprint density at radius 1 is 0.829 bits per heavy atom.